The van der Waals surface area contributed by atoms with E-state index in [0.29, 0.717) is 12.5 Å². The van der Waals surface area contributed by atoms with Gasteiger partial charge in [-0.05, 0) is 67.9 Å². The predicted octanol–water partition coefficient (Wildman–Crippen LogP) is 4.50. The van der Waals surface area contributed by atoms with Crippen molar-refractivity contribution in [2.24, 2.45) is 11.8 Å². The van der Waals surface area contributed by atoms with Gasteiger partial charge in [0.15, 0.2) is 0 Å². The lowest BCUT2D eigenvalue weighted by Gasteiger charge is -2.45. The molecule has 1 atom stereocenters. The van der Waals surface area contributed by atoms with Crippen molar-refractivity contribution in [2.45, 2.75) is 50.1 Å². The number of esters is 1. The Balaban J connectivity index is 1.45. The van der Waals surface area contributed by atoms with Crippen LogP contribution in [0.2, 0.25) is 0 Å². The Bertz CT molecular complexity index is 1180. The number of carbonyl (C=O) groups is 2. The Hall–Kier alpha value is -3.08. The fourth-order valence-corrected chi connectivity index (χ4v) is 5.40. The third kappa shape index (κ3) is 6.18. The van der Waals surface area contributed by atoms with Crippen LogP contribution < -0.4 is 9.46 Å². The minimum absolute atomic E-state index is 0.0135. The van der Waals surface area contributed by atoms with Gasteiger partial charge in [-0.25, -0.2) is 0 Å². The molecule has 3 fully saturated rings. The molecule has 0 aromatic heterocycles. The summed E-state index contributed by atoms with van der Waals surface area (Å²) >= 11 is 0. The predicted molar refractivity (Wildman–Crippen MR) is 126 cm³/mol. The van der Waals surface area contributed by atoms with E-state index in [1.165, 1.54) is 16.9 Å². The fourth-order valence-electron chi connectivity index (χ4n) is 4.84. The molecule has 194 valence electrons. The summed E-state index contributed by atoms with van der Waals surface area (Å²) < 4.78 is 67.1. The fraction of sp³-hybridized carbons (Fsp3) is 0.440. The molecule has 2 aliphatic heterocycles. The van der Waals surface area contributed by atoms with Crippen molar-refractivity contribution in [1.82, 2.24) is 4.90 Å². The number of sulfonamides is 1. The summed E-state index contributed by atoms with van der Waals surface area (Å²) in [6.45, 7) is 0.714. The zero-order valence-electron chi connectivity index (χ0n) is 19.4. The zero-order chi connectivity index (χ0) is 25.9. The highest BCUT2D eigenvalue weighted by atomic mass is 32.2. The first kappa shape index (κ1) is 26.0. The van der Waals surface area contributed by atoms with Crippen LogP contribution in [0, 0.1) is 11.8 Å². The van der Waals surface area contributed by atoms with Crippen molar-refractivity contribution in [2.75, 3.05) is 11.3 Å². The molecule has 11 heteroatoms. The van der Waals surface area contributed by atoms with E-state index >= 15 is 0 Å². The van der Waals surface area contributed by atoms with Gasteiger partial charge in [0, 0.05) is 24.7 Å². The Morgan fingerprint density at radius 3 is 2.19 bits per heavy atom. The average Bonchev–Trinajstić information content (AvgIpc) is 2.85. The lowest BCUT2D eigenvalue weighted by atomic mass is 9.79. The molecule has 1 saturated carbocycles. The quantitative estimate of drug-likeness (QED) is 0.406. The van der Waals surface area contributed by atoms with Crippen LogP contribution in [0.15, 0.2) is 54.6 Å². The van der Waals surface area contributed by atoms with Crippen LogP contribution in [0.3, 0.4) is 0 Å². The SMILES string of the molecule is O=C(Oc1ccc(NS(=O)(=O)C(F)(F)F)cc1)[C@H](CC(=O)N1CC2CCC1CC2)Cc1ccccc1. The number of piperidine rings is 2. The second kappa shape index (κ2) is 10.5. The number of nitrogens with zero attached hydrogens (tertiary/aromatic N) is 1. The summed E-state index contributed by atoms with van der Waals surface area (Å²) in [7, 11) is -5.56. The molecule has 0 radical (unpaired) electrons. The molecular weight excluding hydrogens is 497 g/mol. The van der Waals surface area contributed by atoms with E-state index in [1.807, 2.05) is 35.2 Å². The highest BCUT2D eigenvalue weighted by Crippen LogP contribution is 2.35. The highest BCUT2D eigenvalue weighted by molar-refractivity contribution is 7.93. The number of anilines is 1. The van der Waals surface area contributed by atoms with E-state index < -0.39 is 27.4 Å². The van der Waals surface area contributed by atoms with Gasteiger partial charge in [-0.3, -0.25) is 14.3 Å². The van der Waals surface area contributed by atoms with Gasteiger partial charge in [0.25, 0.3) is 0 Å². The van der Waals surface area contributed by atoms with E-state index in [1.54, 1.807) is 0 Å². The van der Waals surface area contributed by atoms with E-state index in [0.717, 1.165) is 43.4 Å². The van der Waals surface area contributed by atoms with Gasteiger partial charge in [0.2, 0.25) is 5.91 Å². The monoisotopic (exact) mass is 524 g/mol. The van der Waals surface area contributed by atoms with Gasteiger partial charge in [-0.15, -0.1) is 0 Å². The summed E-state index contributed by atoms with van der Waals surface area (Å²) in [5, 5.41) is 0. The lowest BCUT2D eigenvalue weighted by molar-refractivity contribution is -0.147. The molecule has 1 amide bonds. The molecule has 36 heavy (non-hydrogen) atoms. The van der Waals surface area contributed by atoms with Crippen molar-refractivity contribution in [3.8, 4) is 5.75 Å². The smallest absolute Gasteiger partial charge is 0.426 e. The van der Waals surface area contributed by atoms with Crippen LogP contribution in [-0.2, 0) is 26.0 Å². The van der Waals surface area contributed by atoms with Crippen molar-refractivity contribution in [3.05, 3.63) is 60.2 Å². The topological polar surface area (TPSA) is 92.8 Å². The number of fused-ring (bicyclic) bond motifs is 3. The molecule has 1 N–H and O–H groups in total. The van der Waals surface area contributed by atoms with Gasteiger partial charge in [-0.2, -0.15) is 21.6 Å². The average molecular weight is 525 g/mol. The van der Waals surface area contributed by atoms with Crippen LogP contribution in [0.25, 0.3) is 0 Å². The Morgan fingerprint density at radius 2 is 1.64 bits per heavy atom. The van der Waals surface area contributed by atoms with Gasteiger partial charge in [0.1, 0.15) is 5.75 Å². The normalized spacial score (nSPS) is 20.6. The summed E-state index contributed by atoms with van der Waals surface area (Å²) in [6, 6.07) is 14.0. The van der Waals surface area contributed by atoms with Crippen LogP contribution in [0.1, 0.15) is 37.7 Å². The number of amides is 1. The van der Waals surface area contributed by atoms with Gasteiger partial charge >= 0.3 is 21.5 Å². The minimum Gasteiger partial charge on any atom is -0.426 e. The molecular formula is C25H27F3N2O5S. The molecule has 2 aromatic rings. The molecule has 2 heterocycles. The van der Waals surface area contributed by atoms with Crippen LogP contribution >= 0.6 is 0 Å². The number of nitrogens with one attached hydrogen (secondary N) is 1. The summed E-state index contributed by atoms with van der Waals surface area (Å²) in [4.78, 5) is 28.1. The lowest BCUT2D eigenvalue weighted by Crippen LogP contribution is -2.51. The number of ether oxygens (including phenoxy) is 1. The van der Waals surface area contributed by atoms with Crippen molar-refractivity contribution >= 4 is 27.6 Å². The minimum atomic E-state index is -5.56. The molecule has 0 spiro atoms. The molecule has 3 aliphatic rings. The first-order valence-electron chi connectivity index (χ1n) is 11.8. The van der Waals surface area contributed by atoms with Gasteiger partial charge < -0.3 is 9.64 Å². The molecule has 2 bridgehead atoms. The maximum atomic E-state index is 13.2. The first-order valence-corrected chi connectivity index (χ1v) is 13.2. The number of carbonyl (C=O) groups excluding carboxylic acids is 2. The Morgan fingerprint density at radius 1 is 1.00 bits per heavy atom. The van der Waals surface area contributed by atoms with E-state index in [2.05, 4.69) is 0 Å². The van der Waals surface area contributed by atoms with Crippen molar-refractivity contribution in [1.29, 1.82) is 0 Å². The first-order chi connectivity index (χ1) is 17.0. The van der Waals surface area contributed by atoms with Crippen LogP contribution in [0.5, 0.6) is 5.75 Å². The number of hydrogen-bond acceptors (Lipinski definition) is 5. The summed E-state index contributed by atoms with van der Waals surface area (Å²) in [5.74, 6) is -0.954. The van der Waals surface area contributed by atoms with E-state index in [9.17, 15) is 31.2 Å². The van der Waals surface area contributed by atoms with E-state index in [4.69, 9.17) is 4.74 Å². The third-order valence-electron chi connectivity index (χ3n) is 6.74. The standard InChI is InChI=1S/C25H27F3N2O5S/c26-25(27,28)36(33,34)29-20-8-12-22(13-9-20)35-24(32)19(14-17-4-2-1-3-5-17)15-23(31)30-16-18-6-10-21(30)11-7-18/h1-5,8-9,12-13,18-19,21,29H,6-7,10-11,14-16H2/t18?,19-,21?/m0/s1. The second-order valence-corrected chi connectivity index (χ2v) is 11.0. The number of hydrogen-bond donors (Lipinski definition) is 1. The van der Waals surface area contributed by atoms with Gasteiger partial charge in [-0.1, -0.05) is 30.3 Å². The van der Waals surface area contributed by atoms with Crippen molar-refractivity contribution in [3.63, 3.8) is 0 Å². The Kier molecular flexibility index (Phi) is 7.58. The highest BCUT2D eigenvalue weighted by Gasteiger charge is 2.46. The maximum Gasteiger partial charge on any atom is 0.516 e. The van der Waals surface area contributed by atoms with Crippen LogP contribution in [0.4, 0.5) is 18.9 Å². The largest absolute Gasteiger partial charge is 0.516 e. The number of benzene rings is 2. The number of halogens is 3. The Labute approximate surface area is 207 Å². The molecule has 2 saturated heterocycles. The molecule has 0 unspecified atom stereocenters. The molecule has 1 aliphatic carbocycles. The second-order valence-electron chi connectivity index (χ2n) is 9.31. The number of alkyl halides is 3. The number of rotatable bonds is 8. The summed E-state index contributed by atoms with van der Waals surface area (Å²) in [5.41, 5.74) is -4.92. The molecule has 2 aromatic carbocycles. The van der Waals surface area contributed by atoms with Crippen LogP contribution in [-0.4, -0.2) is 43.3 Å². The third-order valence-corrected chi connectivity index (χ3v) is 7.86. The summed E-state index contributed by atoms with van der Waals surface area (Å²) in [6.07, 6.45) is 4.48. The molecule has 5 rings (SSSR count). The van der Waals surface area contributed by atoms with Crippen molar-refractivity contribution < 1.29 is 35.9 Å². The maximum absolute atomic E-state index is 13.2. The molecule has 7 nitrogen and oxygen atoms in total. The zero-order valence-corrected chi connectivity index (χ0v) is 20.2. The van der Waals surface area contributed by atoms with E-state index in [-0.39, 0.29) is 36.2 Å². The van der Waals surface area contributed by atoms with Gasteiger partial charge in [0.05, 0.1) is 5.92 Å².